The highest BCUT2D eigenvalue weighted by Gasteiger charge is 2.52. The summed E-state index contributed by atoms with van der Waals surface area (Å²) in [6.45, 7) is -0.673. The molecule has 15 heteroatoms. The van der Waals surface area contributed by atoms with Crippen molar-refractivity contribution in [3.8, 4) is 0 Å². The number of aliphatic hydroxyl groups is 6. The van der Waals surface area contributed by atoms with Gasteiger partial charge in [0.15, 0.2) is 12.6 Å². The molecule has 14 atom stereocenters. The first kappa shape index (κ1) is 28.0. The predicted molar refractivity (Wildman–Crippen MR) is 109 cm³/mol. The molecule has 3 aliphatic rings. The van der Waals surface area contributed by atoms with E-state index in [2.05, 4.69) is 0 Å². The molecule has 2 saturated heterocycles. The standard InChI is InChI=1S/C17H34N4O10.ClH/c18-2-6-10(24)12(26)8(21)16(28-6)30-14-5(20)1-4(19)9(23)15(14)31-17-13(27)11(25)7(3-22)29-17;/h4-17,22-27H,1-3,18-21H2;1H. The van der Waals surface area contributed by atoms with Crippen molar-refractivity contribution in [1.29, 1.82) is 0 Å². The zero-order chi connectivity index (χ0) is 23.0. The quantitative estimate of drug-likeness (QED) is 0.166. The van der Waals surface area contributed by atoms with Gasteiger partial charge in [0.05, 0.1) is 18.8 Å². The summed E-state index contributed by atoms with van der Waals surface area (Å²) in [6, 6.07) is -2.72. The van der Waals surface area contributed by atoms with Crippen LogP contribution < -0.4 is 22.9 Å². The third-order valence-corrected chi connectivity index (χ3v) is 6.13. The summed E-state index contributed by atoms with van der Waals surface area (Å²) in [4.78, 5) is 0. The molecular formula is C17H35ClN4O10. The number of aliphatic hydroxyl groups excluding tert-OH is 6. The maximum Gasteiger partial charge on any atom is 0.187 e. The normalized spacial score (nSPS) is 51.9. The van der Waals surface area contributed by atoms with Crippen LogP contribution in [0.15, 0.2) is 0 Å². The monoisotopic (exact) mass is 490 g/mol. The van der Waals surface area contributed by atoms with Crippen LogP contribution in [0.1, 0.15) is 6.42 Å². The van der Waals surface area contributed by atoms with E-state index in [9.17, 15) is 30.6 Å². The molecule has 1 saturated carbocycles. The Morgan fingerprint density at radius 1 is 0.719 bits per heavy atom. The van der Waals surface area contributed by atoms with Crippen molar-refractivity contribution in [2.24, 2.45) is 22.9 Å². The van der Waals surface area contributed by atoms with Crippen molar-refractivity contribution in [2.45, 2.75) is 92.1 Å². The van der Waals surface area contributed by atoms with E-state index in [1.165, 1.54) is 0 Å². The van der Waals surface area contributed by atoms with Gasteiger partial charge in [0.2, 0.25) is 0 Å². The Morgan fingerprint density at radius 2 is 1.28 bits per heavy atom. The maximum absolute atomic E-state index is 10.6. The largest absolute Gasteiger partial charge is 0.394 e. The lowest BCUT2D eigenvalue weighted by molar-refractivity contribution is -0.306. The molecule has 2 heterocycles. The van der Waals surface area contributed by atoms with Crippen LogP contribution in [0.2, 0.25) is 0 Å². The molecule has 14 nitrogen and oxygen atoms in total. The highest BCUT2D eigenvalue weighted by Crippen LogP contribution is 2.31. The van der Waals surface area contributed by atoms with Gasteiger partial charge in [0.25, 0.3) is 0 Å². The molecule has 0 aromatic rings. The zero-order valence-corrected chi connectivity index (χ0v) is 18.1. The summed E-state index contributed by atoms with van der Waals surface area (Å²) in [5.41, 5.74) is 23.6. The highest BCUT2D eigenvalue weighted by atomic mass is 35.5. The van der Waals surface area contributed by atoms with E-state index in [4.69, 9.17) is 41.9 Å². The Morgan fingerprint density at radius 3 is 1.84 bits per heavy atom. The van der Waals surface area contributed by atoms with Gasteiger partial charge in [-0.05, 0) is 6.42 Å². The van der Waals surface area contributed by atoms with Gasteiger partial charge in [0.1, 0.15) is 48.8 Å². The molecule has 3 fully saturated rings. The summed E-state index contributed by atoms with van der Waals surface area (Å²) in [7, 11) is 0. The van der Waals surface area contributed by atoms with Gasteiger partial charge in [-0.1, -0.05) is 0 Å². The average Bonchev–Trinajstić information content (AvgIpc) is 3.02. The average molecular weight is 491 g/mol. The Balaban J connectivity index is 0.00000363. The Labute approximate surface area is 190 Å². The smallest absolute Gasteiger partial charge is 0.187 e. The molecule has 0 bridgehead atoms. The molecule has 0 spiro atoms. The summed E-state index contributed by atoms with van der Waals surface area (Å²) >= 11 is 0. The highest BCUT2D eigenvalue weighted by molar-refractivity contribution is 5.85. The number of hydrogen-bond donors (Lipinski definition) is 10. The van der Waals surface area contributed by atoms with Crippen LogP contribution in [-0.2, 0) is 18.9 Å². The van der Waals surface area contributed by atoms with Crippen LogP contribution in [0.3, 0.4) is 0 Å². The topological polar surface area (TPSA) is 262 Å². The third kappa shape index (κ3) is 5.35. The van der Waals surface area contributed by atoms with Crippen molar-refractivity contribution in [2.75, 3.05) is 13.2 Å². The van der Waals surface area contributed by atoms with Crippen molar-refractivity contribution >= 4 is 12.4 Å². The fourth-order valence-corrected chi connectivity index (χ4v) is 4.16. The summed E-state index contributed by atoms with van der Waals surface area (Å²) in [6.07, 6.45) is -13.8. The predicted octanol–water partition coefficient (Wildman–Crippen LogP) is -6.23. The molecule has 0 aromatic heterocycles. The van der Waals surface area contributed by atoms with Crippen LogP contribution in [0.5, 0.6) is 0 Å². The number of nitrogens with two attached hydrogens (primary N) is 4. The van der Waals surface area contributed by atoms with E-state index in [0.29, 0.717) is 0 Å². The molecule has 32 heavy (non-hydrogen) atoms. The lowest BCUT2D eigenvalue weighted by Crippen LogP contribution is -2.68. The number of halogens is 1. The van der Waals surface area contributed by atoms with Crippen molar-refractivity contribution in [3.63, 3.8) is 0 Å². The zero-order valence-electron chi connectivity index (χ0n) is 17.2. The second-order valence-electron chi connectivity index (χ2n) is 8.30. The summed E-state index contributed by atoms with van der Waals surface area (Å²) < 4.78 is 22.5. The minimum Gasteiger partial charge on any atom is -0.394 e. The number of hydrogen-bond acceptors (Lipinski definition) is 14. The van der Waals surface area contributed by atoms with E-state index in [1.807, 2.05) is 0 Å². The Hall–Kier alpha value is -0.270. The first-order valence-corrected chi connectivity index (χ1v) is 10.2. The van der Waals surface area contributed by atoms with Crippen molar-refractivity contribution in [3.05, 3.63) is 0 Å². The van der Waals surface area contributed by atoms with E-state index < -0.39 is 92.2 Å². The lowest BCUT2D eigenvalue weighted by atomic mass is 9.84. The van der Waals surface area contributed by atoms with Gasteiger partial charge in [-0.15, -0.1) is 12.4 Å². The van der Waals surface area contributed by atoms with Gasteiger partial charge >= 0.3 is 0 Å². The molecule has 0 amide bonds. The van der Waals surface area contributed by atoms with Gasteiger partial charge in [-0.3, -0.25) is 0 Å². The van der Waals surface area contributed by atoms with Gasteiger partial charge in [0, 0.05) is 18.6 Å². The molecule has 3 rings (SSSR count). The fourth-order valence-electron chi connectivity index (χ4n) is 4.16. The van der Waals surface area contributed by atoms with Crippen LogP contribution in [0.4, 0.5) is 0 Å². The van der Waals surface area contributed by atoms with Gasteiger partial charge in [-0.25, -0.2) is 0 Å². The molecule has 190 valence electrons. The van der Waals surface area contributed by atoms with Crippen LogP contribution in [0, 0.1) is 0 Å². The maximum atomic E-state index is 10.6. The van der Waals surface area contributed by atoms with E-state index in [0.717, 1.165) is 0 Å². The summed E-state index contributed by atoms with van der Waals surface area (Å²) in [5, 5.41) is 60.2. The van der Waals surface area contributed by atoms with E-state index in [1.54, 1.807) is 0 Å². The number of ether oxygens (including phenoxy) is 4. The van der Waals surface area contributed by atoms with E-state index in [-0.39, 0.29) is 25.4 Å². The van der Waals surface area contributed by atoms with Crippen molar-refractivity contribution in [1.82, 2.24) is 0 Å². The lowest BCUT2D eigenvalue weighted by Gasteiger charge is -2.47. The minimum atomic E-state index is -1.51. The summed E-state index contributed by atoms with van der Waals surface area (Å²) in [5.74, 6) is 0. The van der Waals surface area contributed by atoms with Crippen LogP contribution >= 0.6 is 12.4 Å². The molecule has 2 aliphatic heterocycles. The molecule has 14 N–H and O–H groups in total. The minimum absolute atomic E-state index is 0. The number of rotatable bonds is 6. The van der Waals surface area contributed by atoms with E-state index >= 15 is 0 Å². The van der Waals surface area contributed by atoms with Gasteiger partial charge in [-0.2, -0.15) is 0 Å². The molecule has 1 aliphatic carbocycles. The molecule has 14 unspecified atom stereocenters. The first-order chi connectivity index (χ1) is 14.6. The molecular weight excluding hydrogens is 456 g/mol. The van der Waals surface area contributed by atoms with Crippen LogP contribution in [-0.4, -0.2) is 129 Å². The first-order valence-electron chi connectivity index (χ1n) is 10.2. The van der Waals surface area contributed by atoms with Crippen molar-refractivity contribution < 1.29 is 49.6 Å². The SMILES string of the molecule is Cl.NCC1OC(OC2C(N)CC(N)C(O)C2OC2OC(CO)C(O)C2O)C(N)C(O)C1O. The third-order valence-electron chi connectivity index (χ3n) is 6.13. The second kappa shape index (κ2) is 11.4. The molecule has 0 aromatic carbocycles. The Kier molecular flexibility index (Phi) is 10.00. The molecule has 0 radical (unpaired) electrons. The van der Waals surface area contributed by atoms with Gasteiger partial charge < -0.3 is 72.5 Å². The Bertz CT molecular complexity index is 598. The fraction of sp³-hybridized carbons (Fsp3) is 1.00. The van der Waals surface area contributed by atoms with Crippen LogP contribution in [0.25, 0.3) is 0 Å². The second-order valence-corrected chi connectivity index (χ2v) is 8.30.